The summed E-state index contributed by atoms with van der Waals surface area (Å²) in [6.45, 7) is 0. The van der Waals surface area contributed by atoms with E-state index in [1.54, 1.807) is 24.3 Å². The van der Waals surface area contributed by atoms with E-state index in [4.69, 9.17) is 0 Å². The van der Waals surface area contributed by atoms with Gasteiger partial charge >= 0.3 is 0 Å². The van der Waals surface area contributed by atoms with Gasteiger partial charge in [0.1, 0.15) is 0 Å². The summed E-state index contributed by atoms with van der Waals surface area (Å²) in [4.78, 5) is 27.3. The summed E-state index contributed by atoms with van der Waals surface area (Å²) in [5, 5.41) is 0. The SMILES string of the molecule is O=C1C(Br)=CC(=NC(=O)c2ccccc2)C=C1Br. The normalized spacial score (nSPS) is 15.0. The van der Waals surface area contributed by atoms with Crippen molar-refractivity contribution < 1.29 is 9.59 Å². The van der Waals surface area contributed by atoms with Crippen molar-refractivity contribution in [3.8, 4) is 0 Å². The van der Waals surface area contributed by atoms with Crippen LogP contribution in [0.3, 0.4) is 0 Å². The van der Waals surface area contributed by atoms with Crippen LogP contribution in [-0.4, -0.2) is 17.4 Å². The highest BCUT2D eigenvalue weighted by atomic mass is 79.9. The van der Waals surface area contributed by atoms with Crippen LogP contribution in [-0.2, 0) is 4.79 Å². The number of ketones is 1. The molecule has 1 aliphatic rings. The zero-order valence-corrected chi connectivity index (χ0v) is 12.2. The van der Waals surface area contributed by atoms with Crippen LogP contribution in [0.2, 0.25) is 0 Å². The predicted octanol–water partition coefficient (Wildman–Crippen LogP) is 3.41. The van der Waals surface area contributed by atoms with Crippen molar-refractivity contribution in [2.75, 3.05) is 0 Å². The highest BCUT2D eigenvalue weighted by Crippen LogP contribution is 2.22. The average Bonchev–Trinajstić information content (AvgIpc) is 2.37. The standard InChI is InChI=1S/C13H7Br2NO2/c14-10-6-9(7-11(15)12(10)17)16-13(18)8-4-2-1-3-5-8/h1-7H. The summed E-state index contributed by atoms with van der Waals surface area (Å²) in [5.74, 6) is -0.505. The summed E-state index contributed by atoms with van der Waals surface area (Å²) < 4.78 is 0.743. The molecule has 5 heteroatoms. The van der Waals surface area contributed by atoms with Gasteiger partial charge in [0, 0.05) is 5.56 Å². The van der Waals surface area contributed by atoms with Gasteiger partial charge in [-0.15, -0.1) is 0 Å². The van der Waals surface area contributed by atoms with Gasteiger partial charge in [-0.05, 0) is 56.1 Å². The molecule has 1 aliphatic carbocycles. The van der Waals surface area contributed by atoms with Crippen molar-refractivity contribution >= 4 is 49.3 Å². The fourth-order valence-corrected chi connectivity index (χ4v) is 2.54. The molecular weight excluding hydrogens is 362 g/mol. The number of nitrogens with zero attached hydrogens (tertiary/aromatic N) is 1. The van der Waals surface area contributed by atoms with Crippen LogP contribution in [0.5, 0.6) is 0 Å². The molecule has 0 aliphatic heterocycles. The van der Waals surface area contributed by atoms with Crippen LogP contribution in [0.4, 0.5) is 0 Å². The number of carbonyl (C=O) groups excluding carboxylic acids is 2. The van der Waals surface area contributed by atoms with E-state index in [0.717, 1.165) is 0 Å². The van der Waals surface area contributed by atoms with Crippen molar-refractivity contribution in [1.29, 1.82) is 0 Å². The molecule has 18 heavy (non-hydrogen) atoms. The lowest BCUT2D eigenvalue weighted by atomic mass is 10.1. The van der Waals surface area contributed by atoms with E-state index in [0.29, 0.717) is 20.2 Å². The minimum atomic E-state index is -0.340. The van der Waals surface area contributed by atoms with Crippen molar-refractivity contribution in [3.63, 3.8) is 0 Å². The van der Waals surface area contributed by atoms with Gasteiger partial charge in [0.15, 0.2) is 0 Å². The van der Waals surface area contributed by atoms with Crippen LogP contribution in [0.25, 0.3) is 0 Å². The highest BCUT2D eigenvalue weighted by molar-refractivity contribution is 9.13. The van der Waals surface area contributed by atoms with Gasteiger partial charge in [-0.25, -0.2) is 4.99 Å². The molecule has 0 unspecified atom stereocenters. The molecule has 0 heterocycles. The average molecular weight is 369 g/mol. The Morgan fingerprint density at radius 2 is 1.56 bits per heavy atom. The van der Waals surface area contributed by atoms with Crippen LogP contribution in [0.15, 0.2) is 56.4 Å². The smallest absolute Gasteiger partial charge is 0.277 e. The number of amides is 1. The lowest BCUT2D eigenvalue weighted by molar-refractivity contribution is -0.110. The molecule has 0 saturated carbocycles. The van der Waals surface area contributed by atoms with Crippen molar-refractivity contribution in [3.05, 3.63) is 57.0 Å². The second kappa shape index (κ2) is 5.54. The Bertz CT molecular complexity index is 577. The molecule has 3 nitrogen and oxygen atoms in total. The molecule has 1 amide bonds. The molecule has 0 spiro atoms. The van der Waals surface area contributed by atoms with Gasteiger partial charge in [0.05, 0.1) is 14.7 Å². The number of aliphatic imine (C=N–C) groups is 1. The van der Waals surface area contributed by atoms with Gasteiger partial charge in [-0.1, -0.05) is 18.2 Å². The zero-order chi connectivity index (χ0) is 13.1. The first kappa shape index (κ1) is 13.1. The summed E-state index contributed by atoms with van der Waals surface area (Å²) in [6, 6.07) is 8.76. The van der Waals surface area contributed by atoms with Gasteiger partial charge in [0.25, 0.3) is 5.91 Å². The molecule has 0 radical (unpaired) electrons. The largest absolute Gasteiger partial charge is 0.287 e. The third-order valence-electron chi connectivity index (χ3n) is 2.23. The zero-order valence-electron chi connectivity index (χ0n) is 9.06. The van der Waals surface area contributed by atoms with Crippen LogP contribution in [0.1, 0.15) is 10.4 Å². The van der Waals surface area contributed by atoms with Gasteiger partial charge < -0.3 is 0 Å². The molecule has 0 N–H and O–H groups in total. The molecule has 2 rings (SSSR count). The molecule has 0 atom stereocenters. The minimum absolute atomic E-state index is 0.166. The van der Waals surface area contributed by atoms with Crippen LogP contribution >= 0.6 is 31.9 Å². The molecule has 1 aromatic carbocycles. The monoisotopic (exact) mass is 367 g/mol. The highest BCUT2D eigenvalue weighted by Gasteiger charge is 2.17. The molecule has 0 saturated heterocycles. The number of halogens is 2. The number of hydrogen-bond donors (Lipinski definition) is 0. The molecule has 0 fully saturated rings. The number of rotatable bonds is 1. The Morgan fingerprint density at radius 3 is 2.11 bits per heavy atom. The second-order valence-corrected chi connectivity index (χ2v) is 5.23. The molecule has 1 aromatic rings. The number of Topliss-reactive ketones (excluding diaryl/α,β-unsaturated/α-hetero) is 1. The quantitative estimate of drug-likeness (QED) is 0.713. The van der Waals surface area contributed by atoms with E-state index >= 15 is 0 Å². The Morgan fingerprint density at radius 1 is 1.00 bits per heavy atom. The summed E-state index contributed by atoms with van der Waals surface area (Å²) in [7, 11) is 0. The van der Waals surface area contributed by atoms with E-state index in [1.165, 1.54) is 12.2 Å². The van der Waals surface area contributed by atoms with Crippen molar-refractivity contribution in [2.45, 2.75) is 0 Å². The molecule has 90 valence electrons. The first-order valence-corrected chi connectivity index (χ1v) is 6.63. The Labute approximate surface area is 121 Å². The van der Waals surface area contributed by atoms with Gasteiger partial charge in [0.2, 0.25) is 5.78 Å². The second-order valence-electron chi connectivity index (χ2n) is 3.52. The maximum atomic E-state index is 11.8. The third kappa shape index (κ3) is 2.91. The Hall–Kier alpha value is -1.33. The predicted molar refractivity (Wildman–Crippen MR) is 77.2 cm³/mol. The number of benzene rings is 1. The number of hydrogen-bond acceptors (Lipinski definition) is 2. The van der Waals surface area contributed by atoms with Crippen molar-refractivity contribution in [1.82, 2.24) is 0 Å². The maximum absolute atomic E-state index is 11.8. The summed E-state index contributed by atoms with van der Waals surface area (Å²) in [6.07, 6.45) is 3.04. The van der Waals surface area contributed by atoms with Crippen LogP contribution in [0, 0.1) is 0 Å². The van der Waals surface area contributed by atoms with E-state index in [1.807, 2.05) is 6.07 Å². The van der Waals surface area contributed by atoms with Crippen LogP contribution < -0.4 is 0 Å². The number of carbonyl (C=O) groups is 2. The summed E-state index contributed by atoms with van der Waals surface area (Å²) in [5.41, 5.74) is 0.943. The lowest BCUT2D eigenvalue weighted by Gasteiger charge is -2.05. The molecular formula is C13H7Br2NO2. The van der Waals surface area contributed by atoms with Gasteiger partial charge in [-0.3, -0.25) is 9.59 Å². The third-order valence-corrected chi connectivity index (χ3v) is 3.41. The Balaban J connectivity index is 2.31. The van der Waals surface area contributed by atoms with Gasteiger partial charge in [-0.2, -0.15) is 0 Å². The number of allylic oxidation sites excluding steroid dienone is 4. The topological polar surface area (TPSA) is 46.5 Å². The van der Waals surface area contributed by atoms with E-state index in [2.05, 4.69) is 36.9 Å². The summed E-state index contributed by atoms with van der Waals surface area (Å²) >= 11 is 6.26. The molecule has 0 bridgehead atoms. The Kier molecular flexibility index (Phi) is 4.04. The first-order valence-electron chi connectivity index (χ1n) is 5.05. The van der Waals surface area contributed by atoms with E-state index in [-0.39, 0.29) is 11.7 Å². The lowest BCUT2D eigenvalue weighted by Crippen LogP contribution is -2.09. The van der Waals surface area contributed by atoms with E-state index < -0.39 is 0 Å². The first-order chi connectivity index (χ1) is 8.58. The fourth-order valence-electron chi connectivity index (χ4n) is 1.37. The fraction of sp³-hybridized carbons (Fsp3) is 0. The van der Waals surface area contributed by atoms with E-state index in [9.17, 15) is 9.59 Å². The minimum Gasteiger partial charge on any atom is -0.287 e. The maximum Gasteiger partial charge on any atom is 0.277 e. The van der Waals surface area contributed by atoms with Crippen molar-refractivity contribution in [2.24, 2.45) is 4.99 Å². The molecule has 0 aromatic heterocycles.